The number of hydrogen-bond acceptors (Lipinski definition) is 6. The Kier molecular flexibility index (Phi) is 6.98. The van der Waals surface area contributed by atoms with Crippen LogP contribution in [-0.4, -0.2) is 43.4 Å². The molecule has 0 N–H and O–H groups in total. The van der Waals surface area contributed by atoms with E-state index in [4.69, 9.17) is 19.3 Å². The van der Waals surface area contributed by atoms with Gasteiger partial charge in [0, 0.05) is 5.92 Å². The predicted octanol–water partition coefficient (Wildman–Crippen LogP) is 5.58. The van der Waals surface area contributed by atoms with Crippen molar-refractivity contribution in [2.45, 2.75) is 38.1 Å². The molecule has 5 unspecified atom stereocenters. The summed E-state index contributed by atoms with van der Waals surface area (Å²) in [6.07, 6.45) is 11.1. The Hall–Kier alpha value is -3.87. The van der Waals surface area contributed by atoms with E-state index in [0.717, 1.165) is 66.0 Å². The molecule has 0 spiro atoms. The average molecular weight is 527 g/mol. The molecule has 7 nitrogen and oxygen atoms in total. The van der Waals surface area contributed by atoms with Gasteiger partial charge in [-0.05, 0) is 91.0 Å². The van der Waals surface area contributed by atoms with Gasteiger partial charge in [-0.3, -0.25) is 9.59 Å². The van der Waals surface area contributed by atoms with E-state index in [1.165, 1.54) is 0 Å². The van der Waals surface area contributed by atoms with Gasteiger partial charge in [-0.1, -0.05) is 36.4 Å². The highest BCUT2D eigenvalue weighted by Gasteiger charge is 2.45. The van der Waals surface area contributed by atoms with E-state index in [2.05, 4.69) is 18.2 Å². The molecule has 0 saturated heterocycles. The Bertz CT molecular complexity index is 1330. The molecule has 0 radical (unpaired) electrons. The van der Waals surface area contributed by atoms with Gasteiger partial charge in [-0.2, -0.15) is 5.10 Å². The van der Waals surface area contributed by atoms with Crippen molar-refractivity contribution in [1.82, 2.24) is 5.01 Å². The zero-order valence-corrected chi connectivity index (χ0v) is 22.4. The summed E-state index contributed by atoms with van der Waals surface area (Å²) in [6.45, 7) is -0.301. The van der Waals surface area contributed by atoms with Crippen LogP contribution in [0.5, 0.6) is 11.5 Å². The van der Waals surface area contributed by atoms with Gasteiger partial charge in [0.1, 0.15) is 11.5 Å². The highest BCUT2D eigenvalue weighted by Crippen LogP contribution is 2.46. The summed E-state index contributed by atoms with van der Waals surface area (Å²) in [5.74, 6) is 1.62. The lowest BCUT2D eigenvalue weighted by Gasteiger charge is -2.29. The van der Waals surface area contributed by atoms with Crippen molar-refractivity contribution in [3.05, 3.63) is 77.4 Å². The lowest BCUT2D eigenvalue weighted by molar-refractivity contribution is -0.157. The largest absolute Gasteiger partial charge is 0.497 e. The number of benzene rings is 2. The first kappa shape index (κ1) is 25.4. The molecule has 2 aromatic carbocycles. The quantitative estimate of drug-likeness (QED) is 0.348. The van der Waals surface area contributed by atoms with Crippen molar-refractivity contribution in [2.24, 2.45) is 28.8 Å². The Balaban J connectivity index is 1.26. The third-order valence-corrected chi connectivity index (χ3v) is 8.59. The number of carbonyl (C=O) groups excluding carboxylic acids is 2. The van der Waals surface area contributed by atoms with Crippen LogP contribution in [0, 0.1) is 23.7 Å². The number of nitrogens with zero attached hydrogens (tertiary/aromatic N) is 2. The first-order valence-electron chi connectivity index (χ1n) is 13.8. The van der Waals surface area contributed by atoms with Gasteiger partial charge < -0.3 is 14.2 Å². The number of carbonyl (C=O) groups is 2. The molecule has 7 heteroatoms. The fourth-order valence-electron chi connectivity index (χ4n) is 6.60. The third kappa shape index (κ3) is 4.98. The van der Waals surface area contributed by atoms with Gasteiger partial charge in [-0.25, -0.2) is 5.01 Å². The van der Waals surface area contributed by atoms with Crippen molar-refractivity contribution in [3.63, 3.8) is 0 Å². The lowest BCUT2D eigenvalue weighted by atomic mass is 9.77. The van der Waals surface area contributed by atoms with Gasteiger partial charge in [0.25, 0.3) is 5.91 Å². The van der Waals surface area contributed by atoms with Crippen LogP contribution in [0.3, 0.4) is 0 Å². The van der Waals surface area contributed by atoms with Crippen molar-refractivity contribution in [3.8, 4) is 11.5 Å². The minimum absolute atomic E-state index is 0.0620. The molecule has 1 heterocycles. The fourth-order valence-corrected chi connectivity index (χ4v) is 6.60. The second-order valence-electron chi connectivity index (χ2n) is 10.9. The van der Waals surface area contributed by atoms with Crippen molar-refractivity contribution < 1.29 is 23.8 Å². The molecule has 0 aromatic heterocycles. The molecule has 202 valence electrons. The molecule has 1 amide bonds. The van der Waals surface area contributed by atoms with Crippen LogP contribution in [0.1, 0.15) is 49.3 Å². The molecule has 5 atom stereocenters. The highest BCUT2D eigenvalue weighted by molar-refractivity contribution is 6.08. The summed E-state index contributed by atoms with van der Waals surface area (Å²) in [6, 6.07) is 15.5. The SMILES string of the molecule is COc1ccc(C=C2CCCC3C2=NN(C(=O)COC(=O)C2CC4C=CC2C4)C3c2ccc(OC)cc2)cc1. The van der Waals surface area contributed by atoms with Crippen LogP contribution in [0.25, 0.3) is 6.08 Å². The predicted molar refractivity (Wildman–Crippen MR) is 148 cm³/mol. The number of hydrazone groups is 1. The van der Waals surface area contributed by atoms with Crippen molar-refractivity contribution in [1.29, 1.82) is 0 Å². The topological polar surface area (TPSA) is 77.4 Å². The van der Waals surface area contributed by atoms with Gasteiger partial charge in [-0.15, -0.1) is 0 Å². The Morgan fingerprint density at radius 1 is 0.974 bits per heavy atom. The molecule has 39 heavy (non-hydrogen) atoms. The highest BCUT2D eigenvalue weighted by atomic mass is 16.5. The molecular formula is C32H34N2O5. The number of esters is 1. The second-order valence-corrected chi connectivity index (χ2v) is 10.9. The van der Waals surface area contributed by atoms with Gasteiger partial charge >= 0.3 is 5.97 Å². The Morgan fingerprint density at radius 3 is 2.33 bits per heavy atom. The third-order valence-electron chi connectivity index (χ3n) is 8.59. The van der Waals surface area contributed by atoms with Crippen LogP contribution in [0.2, 0.25) is 0 Å². The molecule has 1 aliphatic heterocycles. The van der Waals surface area contributed by atoms with E-state index in [-0.39, 0.29) is 42.3 Å². The molecule has 2 aromatic rings. The molecule has 6 rings (SSSR count). The zero-order chi connectivity index (χ0) is 26.9. The van der Waals surface area contributed by atoms with E-state index >= 15 is 0 Å². The van der Waals surface area contributed by atoms with E-state index in [9.17, 15) is 9.59 Å². The molecule has 2 fully saturated rings. The van der Waals surface area contributed by atoms with E-state index in [1.807, 2.05) is 48.5 Å². The van der Waals surface area contributed by atoms with E-state index < -0.39 is 0 Å². The summed E-state index contributed by atoms with van der Waals surface area (Å²) in [4.78, 5) is 26.4. The monoisotopic (exact) mass is 526 g/mol. The van der Waals surface area contributed by atoms with Crippen molar-refractivity contribution in [2.75, 3.05) is 20.8 Å². The van der Waals surface area contributed by atoms with Crippen LogP contribution in [0.15, 0.2) is 71.4 Å². The molecular weight excluding hydrogens is 492 g/mol. The first-order chi connectivity index (χ1) is 19.0. The van der Waals surface area contributed by atoms with E-state index in [0.29, 0.717) is 5.92 Å². The molecule has 2 bridgehead atoms. The number of methoxy groups -OCH3 is 2. The summed E-state index contributed by atoms with van der Waals surface area (Å²) in [5, 5.41) is 6.47. The van der Waals surface area contributed by atoms with Gasteiger partial charge in [0.2, 0.25) is 0 Å². The summed E-state index contributed by atoms with van der Waals surface area (Å²) >= 11 is 0. The maximum Gasteiger partial charge on any atom is 0.310 e. The fraction of sp³-hybridized carbons (Fsp3) is 0.406. The number of ether oxygens (including phenoxy) is 3. The Labute approximate surface area is 229 Å². The van der Waals surface area contributed by atoms with Crippen molar-refractivity contribution >= 4 is 23.7 Å². The Morgan fingerprint density at radius 2 is 1.69 bits per heavy atom. The second kappa shape index (κ2) is 10.7. The smallest absolute Gasteiger partial charge is 0.310 e. The minimum Gasteiger partial charge on any atom is -0.497 e. The van der Waals surface area contributed by atoms with Gasteiger partial charge in [0.15, 0.2) is 6.61 Å². The van der Waals surface area contributed by atoms with Crippen LogP contribution < -0.4 is 9.47 Å². The molecule has 2 saturated carbocycles. The van der Waals surface area contributed by atoms with E-state index in [1.54, 1.807) is 19.2 Å². The van der Waals surface area contributed by atoms with Crippen LogP contribution >= 0.6 is 0 Å². The lowest BCUT2D eigenvalue weighted by Crippen LogP contribution is -2.35. The first-order valence-corrected chi connectivity index (χ1v) is 13.8. The van der Waals surface area contributed by atoms with Crippen LogP contribution in [0.4, 0.5) is 0 Å². The average Bonchev–Trinajstić information content (AvgIpc) is 3.71. The standard InChI is InChI=1S/C32H34N2O5/c1-37-25-12-7-20(8-13-25)16-24-4-3-5-27-30(24)33-34(31(27)22-10-14-26(38-2)15-11-22)29(35)19-39-32(36)28-18-21-6-9-23(28)17-21/h6-16,21,23,27-28,31H,3-5,17-19H2,1-2H3. The maximum atomic E-state index is 13.6. The normalized spacial score (nSPS) is 27.8. The number of fused-ring (bicyclic) bond motifs is 3. The molecule has 3 aliphatic carbocycles. The van der Waals surface area contributed by atoms with Crippen LogP contribution in [-0.2, 0) is 14.3 Å². The summed E-state index contributed by atoms with van der Waals surface area (Å²) < 4.78 is 16.2. The summed E-state index contributed by atoms with van der Waals surface area (Å²) in [7, 11) is 3.29. The number of rotatable bonds is 7. The minimum atomic E-state index is -0.301. The summed E-state index contributed by atoms with van der Waals surface area (Å²) in [5.41, 5.74) is 4.13. The number of allylic oxidation sites excluding steroid dienone is 3. The zero-order valence-electron chi connectivity index (χ0n) is 22.4. The number of amides is 1. The number of hydrogen-bond donors (Lipinski definition) is 0. The molecule has 4 aliphatic rings. The maximum absolute atomic E-state index is 13.6. The van der Waals surface area contributed by atoms with Gasteiger partial charge in [0.05, 0.1) is 31.9 Å².